The van der Waals surface area contributed by atoms with Crippen LogP contribution in [0, 0.1) is 0 Å². The summed E-state index contributed by atoms with van der Waals surface area (Å²) in [5.74, 6) is 0.885. The molecule has 0 aliphatic heterocycles. The largest absolute Gasteiger partial charge is 0.497 e. The summed E-state index contributed by atoms with van der Waals surface area (Å²) in [6.45, 7) is 0.704. The summed E-state index contributed by atoms with van der Waals surface area (Å²) in [4.78, 5) is 11.8. The fourth-order valence-corrected chi connectivity index (χ4v) is 2.81. The van der Waals surface area contributed by atoms with Crippen molar-refractivity contribution in [2.75, 3.05) is 13.7 Å². The van der Waals surface area contributed by atoms with Crippen molar-refractivity contribution >= 4 is 6.03 Å². The van der Waals surface area contributed by atoms with Crippen LogP contribution in [-0.4, -0.2) is 25.7 Å². The molecule has 0 radical (unpaired) electrons. The smallest absolute Gasteiger partial charge is 0.315 e. The first-order valence-corrected chi connectivity index (χ1v) is 7.95. The van der Waals surface area contributed by atoms with Crippen LogP contribution in [0.4, 0.5) is 4.79 Å². The van der Waals surface area contributed by atoms with Gasteiger partial charge in [0, 0.05) is 12.6 Å². The lowest BCUT2D eigenvalue weighted by Gasteiger charge is -2.22. The maximum Gasteiger partial charge on any atom is 0.315 e. The summed E-state index contributed by atoms with van der Waals surface area (Å²) in [5, 5.41) is 6.01. The minimum atomic E-state index is -0.0208. The SMILES string of the molecule is COc1cccc(CCCNC(=O)NC2CCCCC2)c1. The van der Waals surface area contributed by atoms with Crippen molar-refractivity contribution in [2.24, 2.45) is 0 Å². The molecule has 116 valence electrons. The van der Waals surface area contributed by atoms with Gasteiger partial charge in [-0.25, -0.2) is 4.79 Å². The minimum absolute atomic E-state index is 0.0208. The summed E-state index contributed by atoms with van der Waals surface area (Å²) in [6.07, 6.45) is 7.91. The first kappa shape index (κ1) is 15.7. The Bertz CT molecular complexity index is 442. The number of urea groups is 1. The molecule has 1 aliphatic carbocycles. The quantitative estimate of drug-likeness (QED) is 0.790. The van der Waals surface area contributed by atoms with Gasteiger partial charge in [0.15, 0.2) is 0 Å². The average molecular weight is 290 g/mol. The molecule has 1 aromatic rings. The van der Waals surface area contributed by atoms with Crippen molar-refractivity contribution in [3.8, 4) is 5.75 Å². The Morgan fingerprint density at radius 2 is 2.10 bits per heavy atom. The zero-order valence-electron chi connectivity index (χ0n) is 12.9. The van der Waals surface area contributed by atoms with Crippen LogP contribution in [0.25, 0.3) is 0 Å². The minimum Gasteiger partial charge on any atom is -0.497 e. The Balaban J connectivity index is 1.61. The number of benzene rings is 1. The van der Waals surface area contributed by atoms with Crippen LogP contribution in [0.1, 0.15) is 44.1 Å². The Labute approximate surface area is 127 Å². The number of ether oxygens (including phenoxy) is 1. The van der Waals surface area contributed by atoms with Crippen molar-refractivity contribution in [3.05, 3.63) is 29.8 Å². The highest BCUT2D eigenvalue weighted by Crippen LogP contribution is 2.17. The highest BCUT2D eigenvalue weighted by atomic mass is 16.5. The second-order valence-electron chi connectivity index (χ2n) is 5.69. The van der Waals surface area contributed by atoms with Crippen LogP contribution in [0.2, 0.25) is 0 Å². The third-order valence-corrected chi connectivity index (χ3v) is 4.00. The van der Waals surface area contributed by atoms with Gasteiger partial charge in [-0.2, -0.15) is 0 Å². The lowest BCUT2D eigenvalue weighted by atomic mass is 9.96. The van der Waals surface area contributed by atoms with Gasteiger partial charge in [0.05, 0.1) is 7.11 Å². The van der Waals surface area contributed by atoms with Crippen molar-refractivity contribution in [1.29, 1.82) is 0 Å². The fraction of sp³-hybridized carbons (Fsp3) is 0.588. The van der Waals surface area contributed by atoms with Gasteiger partial charge in [0.25, 0.3) is 0 Å². The van der Waals surface area contributed by atoms with Crippen LogP contribution in [-0.2, 0) is 6.42 Å². The molecule has 0 atom stereocenters. The molecule has 0 unspecified atom stereocenters. The van der Waals surface area contributed by atoms with Crippen LogP contribution < -0.4 is 15.4 Å². The Morgan fingerprint density at radius 3 is 2.86 bits per heavy atom. The molecule has 1 aromatic carbocycles. The molecule has 0 bridgehead atoms. The van der Waals surface area contributed by atoms with Gasteiger partial charge >= 0.3 is 6.03 Å². The predicted octanol–water partition coefficient (Wildman–Crippen LogP) is 3.26. The van der Waals surface area contributed by atoms with Gasteiger partial charge in [-0.05, 0) is 43.4 Å². The molecule has 4 nitrogen and oxygen atoms in total. The molecule has 0 spiro atoms. The van der Waals surface area contributed by atoms with E-state index in [9.17, 15) is 4.79 Å². The van der Waals surface area contributed by atoms with Crippen LogP contribution >= 0.6 is 0 Å². The molecule has 1 fully saturated rings. The van der Waals surface area contributed by atoms with Gasteiger partial charge in [-0.15, -0.1) is 0 Å². The highest BCUT2D eigenvalue weighted by Gasteiger charge is 2.14. The molecule has 4 heteroatoms. The number of hydrogen-bond acceptors (Lipinski definition) is 2. The van der Waals surface area contributed by atoms with E-state index in [1.165, 1.54) is 24.8 Å². The van der Waals surface area contributed by atoms with Crippen LogP contribution in [0.3, 0.4) is 0 Å². The number of carbonyl (C=O) groups excluding carboxylic acids is 1. The first-order valence-electron chi connectivity index (χ1n) is 7.95. The van der Waals surface area contributed by atoms with Gasteiger partial charge < -0.3 is 15.4 Å². The molecule has 0 heterocycles. The fourth-order valence-electron chi connectivity index (χ4n) is 2.81. The Morgan fingerprint density at radius 1 is 1.29 bits per heavy atom. The third-order valence-electron chi connectivity index (χ3n) is 4.00. The highest BCUT2D eigenvalue weighted by molar-refractivity contribution is 5.74. The molecule has 1 aliphatic rings. The second-order valence-corrected chi connectivity index (χ2v) is 5.69. The van der Waals surface area contributed by atoms with Crippen molar-refractivity contribution in [2.45, 2.75) is 51.0 Å². The Hall–Kier alpha value is -1.71. The summed E-state index contributed by atoms with van der Waals surface area (Å²) >= 11 is 0. The van der Waals surface area contributed by atoms with Gasteiger partial charge in [0.1, 0.15) is 5.75 Å². The van der Waals surface area contributed by atoms with E-state index in [4.69, 9.17) is 4.74 Å². The molecule has 1 saturated carbocycles. The molecule has 0 aromatic heterocycles. The summed E-state index contributed by atoms with van der Waals surface area (Å²) in [6, 6.07) is 8.42. The van der Waals surface area contributed by atoms with Gasteiger partial charge in [-0.1, -0.05) is 31.4 Å². The van der Waals surface area contributed by atoms with Crippen molar-refractivity contribution < 1.29 is 9.53 Å². The number of aryl methyl sites for hydroxylation is 1. The maximum atomic E-state index is 11.8. The molecular formula is C17H26N2O2. The van der Waals surface area contributed by atoms with Crippen LogP contribution in [0.5, 0.6) is 5.75 Å². The van der Waals surface area contributed by atoms with E-state index in [0.717, 1.165) is 31.4 Å². The number of hydrogen-bond donors (Lipinski definition) is 2. The van der Waals surface area contributed by atoms with E-state index in [1.54, 1.807) is 7.11 Å². The molecular weight excluding hydrogens is 264 g/mol. The van der Waals surface area contributed by atoms with E-state index in [0.29, 0.717) is 12.6 Å². The van der Waals surface area contributed by atoms with E-state index < -0.39 is 0 Å². The second kappa shape index (κ2) is 8.55. The lowest BCUT2D eigenvalue weighted by Crippen LogP contribution is -2.43. The zero-order chi connectivity index (χ0) is 14.9. The van der Waals surface area contributed by atoms with E-state index in [2.05, 4.69) is 16.7 Å². The third kappa shape index (κ3) is 5.66. The van der Waals surface area contributed by atoms with E-state index in [1.807, 2.05) is 18.2 Å². The molecule has 2 rings (SSSR count). The molecule has 2 amide bonds. The summed E-state index contributed by atoms with van der Waals surface area (Å²) < 4.78 is 5.20. The van der Waals surface area contributed by atoms with E-state index in [-0.39, 0.29) is 6.03 Å². The number of amides is 2. The zero-order valence-corrected chi connectivity index (χ0v) is 12.9. The predicted molar refractivity (Wildman–Crippen MR) is 84.7 cm³/mol. The van der Waals surface area contributed by atoms with Crippen molar-refractivity contribution in [3.63, 3.8) is 0 Å². The summed E-state index contributed by atoms with van der Waals surface area (Å²) in [7, 11) is 1.68. The topological polar surface area (TPSA) is 50.4 Å². The van der Waals surface area contributed by atoms with E-state index >= 15 is 0 Å². The first-order chi connectivity index (χ1) is 10.3. The molecule has 0 saturated heterocycles. The van der Waals surface area contributed by atoms with Crippen LogP contribution in [0.15, 0.2) is 24.3 Å². The lowest BCUT2D eigenvalue weighted by molar-refractivity contribution is 0.232. The molecule has 2 N–H and O–H groups in total. The standard InChI is InChI=1S/C17H26N2O2/c1-21-16-11-5-7-14(13-16)8-6-12-18-17(20)19-15-9-3-2-4-10-15/h5,7,11,13,15H,2-4,6,8-10,12H2,1H3,(H2,18,19,20). The van der Waals surface area contributed by atoms with Crippen molar-refractivity contribution in [1.82, 2.24) is 10.6 Å². The number of nitrogens with one attached hydrogen (secondary N) is 2. The molecule has 21 heavy (non-hydrogen) atoms. The number of rotatable bonds is 6. The average Bonchev–Trinajstić information content (AvgIpc) is 2.53. The maximum absolute atomic E-state index is 11.8. The number of methoxy groups -OCH3 is 1. The number of carbonyl (C=O) groups is 1. The summed E-state index contributed by atoms with van der Waals surface area (Å²) in [5.41, 5.74) is 1.24. The Kier molecular flexibility index (Phi) is 6.38. The normalized spacial score (nSPS) is 15.5. The monoisotopic (exact) mass is 290 g/mol. The van der Waals surface area contributed by atoms with Gasteiger partial charge in [-0.3, -0.25) is 0 Å². The van der Waals surface area contributed by atoms with Gasteiger partial charge in [0.2, 0.25) is 0 Å².